The van der Waals surface area contributed by atoms with Crippen LogP contribution in [-0.2, 0) is 43.2 Å². The minimum Gasteiger partial charge on any atom is -0.425 e. The van der Waals surface area contributed by atoms with E-state index in [-0.39, 0.29) is 37.6 Å². The van der Waals surface area contributed by atoms with Gasteiger partial charge in [0.2, 0.25) is 0 Å². The second kappa shape index (κ2) is 7.30. The Morgan fingerprint density at radius 1 is 0.800 bits per heavy atom. The molecule has 6 atom stereocenters. The molecule has 0 aromatic carbocycles. The highest BCUT2D eigenvalue weighted by atomic mass is 17.2. The first kappa shape index (κ1) is 16.8. The summed E-state index contributed by atoms with van der Waals surface area (Å²) in [6, 6.07) is 0. The molecule has 6 unspecified atom stereocenters. The van der Waals surface area contributed by atoms with E-state index < -0.39 is 24.5 Å². The molecule has 11 heteroatoms. The molecule has 25 heavy (non-hydrogen) atoms. The molecule has 0 aromatic rings. The maximum absolute atomic E-state index is 11.7. The smallest absolute Gasteiger partial charge is 0.425 e. The third-order valence-corrected chi connectivity index (χ3v) is 4.09. The predicted octanol–water partition coefficient (Wildman–Crippen LogP) is 0.252. The van der Waals surface area contributed by atoms with Gasteiger partial charge < -0.3 is 23.7 Å². The van der Waals surface area contributed by atoms with Crippen molar-refractivity contribution in [1.29, 1.82) is 0 Å². The Kier molecular flexibility index (Phi) is 4.90. The van der Waals surface area contributed by atoms with E-state index in [0.717, 1.165) is 0 Å². The summed E-state index contributed by atoms with van der Waals surface area (Å²) in [6.45, 7) is 1.44. The first-order valence-corrected chi connectivity index (χ1v) is 8.06. The van der Waals surface area contributed by atoms with Gasteiger partial charge >= 0.3 is 12.3 Å². The van der Waals surface area contributed by atoms with Crippen LogP contribution < -0.4 is 0 Å². The van der Waals surface area contributed by atoms with Crippen LogP contribution in [0.25, 0.3) is 0 Å². The van der Waals surface area contributed by atoms with Crippen molar-refractivity contribution in [1.82, 2.24) is 0 Å². The van der Waals surface area contributed by atoms with Gasteiger partial charge in [-0.2, -0.15) is 9.78 Å². The summed E-state index contributed by atoms with van der Waals surface area (Å²) in [7, 11) is 0. The number of hydrogen-bond acceptors (Lipinski definition) is 11. The molecule has 1 aliphatic carbocycles. The molecule has 0 N–H and O–H groups in total. The fourth-order valence-electron chi connectivity index (χ4n) is 2.53. The van der Waals surface area contributed by atoms with Gasteiger partial charge in [0.05, 0.1) is 25.4 Å². The zero-order chi connectivity index (χ0) is 17.2. The van der Waals surface area contributed by atoms with Crippen LogP contribution in [0.4, 0.5) is 9.59 Å². The van der Waals surface area contributed by atoms with Crippen LogP contribution in [0.5, 0.6) is 0 Å². The fraction of sp³-hybridized carbons (Fsp3) is 0.857. The lowest BCUT2D eigenvalue weighted by atomic mass is 9.95. The Labute approximate surface area is 142 Å². The average molecular weight is 362 g/mol. The molecule has 4 aliphatic rings. The number of rotatable bonds is 8. The summed E-state index contributed by atoms with van der Waals surface area (Å²) in [4.78, 5) is 41.7. The van der Waals surface area contributed by atoms with Gasteiger partial charge in [0.1, 0.15) is 37.6 Å². The van der Waals surface area contributed by atoms with Crippen LogP contribution in [-0.4, -0.2) is 75.4 Å². The number of carbonyl (C=O) groups is 2. The molecule has 1 saturated carbocycles. The van der Waals surface area contributed by atoms with Gasteiger partial charge in [0.15, 0.2) is 0 Å². The van der Waals surface area contributed by atoms with Gasteiger partial charge in [-0.25, -0.2) is 9.59 Å². The highest BCUT2D eigenvalue weighted by Gasteiger charge is 2.51. The van der Waals surface area contributed by atoms with Crippen LogP contribution in [0.2, 0.25) is 0 Å². The molecule has 140 valence electrons. The van der Waals surface area contributed by atoms with Gasteiger partial charge in [-0.05, 0) is 0 Å². The lowest BCUT2D eigenvalue weighted by molar-refractivity contribution is -0.269. The molecule has 4 fully saturated rings. The number of ether oxygens (including phenoxy) is 5. The van der Waals surface area contributed by atoms with Crippen LogP contribution >= 0.6 is 0 Å². The van der Waals surface area contributed by atoms with E-state index in [1.807, 2.05) is 0 Å². The van der Waals surface area contributed by atoms with Crippen molar-refractivity contribution in [3.63, 3.8) is 0 Å². The molecule has 0 aromatic heterocycles. The Bertz CT molecular complexity index is 459. The second-order valence-electron chi connectivity index (χ2n) is 6.14. The van der Waals surface area contributed by atoms with Gasteiger partial charge in [0, 0.05) is 12.8 Å². The average Bonchev–Trinajstić information content (AvgIpc) is 3.41. The Morgan fingerprint density at radius 3 is 1.64 bits per heavy atom. The van der Waals surface area contributed by atoms with Crippen molar-refractivity contribution < 1.29 is 52.8 Å². The monoisotopic (exact) mass is 362 g/mol. The van der Waals surface area contributed by atoms with Crippen molar-refractivity contribution in [3.05, 3.63) is 0 Å². The number of fused-ring (bicyclic) bond motifs is 1. The first-order valence-electron chi connectivity index (χ1n) is 8.06. The van der Waals surface area contributed by atoms with Crippen molar-refractivity contribution in [2.24, 2.45) is 0 Å². The van der Waals surface area contributed by atoms with E-state index in [1.165, 1.54) is 0 Å². The van der Waals surface area contributed by atoms with E-state index in [4.69, 9.17) is 33.5 Å². The highest BCUT2D eigenvalue weighted by Crippen LogP contribution is 2.39. The summed E-state index contributed by atoms with van der Waals surface area (Å²) in [5.74, 6) is 0. The minimum absolute atomic E-state index is 0.0160. The van der Waals surface area contributed by atoms with E-state index in [2.05, 4.69) is 9.78 Å². The topological polar surface area (TPSA) is 127 Å². The summed E-state index contributed by atoms with van der Waals surface area (Å²) in [5, 5.41) is 0. The molecule has 0 bridgehead atoms. The van der Waals surface area contributed by atoms with Crippen molar-refractivity contribution in [2.75, 3.05) is 26.4 Å². The van der Waals surface area contributed by atoms with E-state index >= 15 is 0 Å². The third-order valence-electron chi connectivity index (χ3n) is 4.09. The van der Waals surface area contributed by atoms with Crippen LogP contribution in [0.3, 0.4) is 0 Å². The van der Waals surface area contributed by atoms with Crippen LogP contribution in [0, 0.1) is 0 Å². The zero-order valence-corrected chi connectivity index (χ0v) is 13.2. The summed E-state index contributed by atoms with van der Waals surface area (Å²) < 4.78 is 25.5. The summed E-state index contributed by atoms with van der Waals surface area (Å²) in [6.07, 6.45) is -2.84. The molecular formula is C14H18O11. The fourth-order valence-corrected chi connectivity index (χ4v) is 2.53. The molecule has 4 rings (SSSR count). The molecule has 3 saturated heterocycles. The quantitative estimate of drug-likeness (QED) is 0.255. The maximum atomic E-state index is 11.7. The highest BCUT2D eigenvalue weighted by molar-refractivity contribution is 5.60. The van der Waals surface area contributed by atoms with E-state index in [0.29, 0.717) is 26.1 Å². The molecular weight excluding hydrogens is 344 g/mol. The Morgan fingerprint density at radius 2 is 1.24 bits per heavy atom. The summed E-state index contributed by atoms with van der Waals surface area (Å²) >= 11 is 0. The van der Waals surface area contributed by atoms with Crippen molar-refractivity contribution in [3.8, 4) is 0 Å². The molecule has 3 aliphatic heterocycles. The largest absolute Gasteiger partial charge is 0.540 e. The first-order chi connectivity index (χ1) is 12.2. The molecule has 0 spiro atoms. The molecule has 11 nitrogen and oxygen atoms in total. The Balaban J connectivity index is 1.20. The molecule has 0 radical (unpaired) electrons. The van der Waals surface area contributed by atoms with Crippen molar-refractivity contribution in [2.45, 2.75) is 49.5 Å². The number of hydrogen-bond donors (Lipinski definition) is 0. The second-order valence-corrected chi connectivity index (χ2v) is 6.14. The number of carbonyl (C=O) groups excluding carboxylic acids is 2. The van der Waals surface area contributed by atoms with Crippen LogP contribution in [0.15, 0.2) is 0 Å². The minimum atomic E-state index is -1.02. The lowest BCUT2D eigenvalue weighted by Crippen LogP contribution is -2.41. The Hall–Kier alpha value is -1.66. The zero-order valence-electron chi connectivity index (χ0n) is 13.2. The summed E-state index contributed by atoms with van der Waals surface area (Å²) in [5.41, 5.74) is 0. The van der Waals surface area contributed by atoms with Gasteiger partial charge in [-0.3, -0.25) is 9.78 Å². The van der Waals surface area contributed by atoms with E-state index in [9.17, 15) is 9.59 Å². The van der Waals surface area contributed by atoms with Gasteiger partial charge in [-0.15, -0.1) is 0 Å². The molecule has 3 heterocycles. The normalized spacial score (nSPS) is 37.4. The maximum Gasteiger partial charge on any atom is 0.540 e. The molecule has 0 amide bonds. The van der Waals surface area contributed by atoms with E-state index in [1.54, 1.807) is 0 Å². The van der Waals surface area contributed by atoms with Crippen LogP contribution in [0.1, 0.15) is 12.8 Å². The standard InChI is InChI=1S/C14H18O11/c15-13(24-19-5-7-3-17-7)22-11-1-9-10(21-9)2-12(11)23-14(16)25-20-6-8-4-18-8/h7-12H,1-6H2. The van der Waals surface area contributed by atoms with Gasteiger partial charge in [0.25, 0.3) is 0 Å². The van der Waals surface area contributed by atoms with Gasteiger partial charge in [-0.1, -0.05) is 0 Å². The predicted molar refractivity (Wildman–Crippen MR) is 72.0 cm³/mol. The lowest BCUT2D eigenvalue weighted by Gasteiger charge is -2.27. The number of epoxide rings is 3. The van der Waals surface area contributed by atoms with Crippen molar-refractivity contribution >= 4 is 12.3 Å². The third kappa shape index (κ3) is 5.16. The SMILES string of the molecule is O=C(OOCC1CO1)OC1CC2OC2CC1OC(=O)OOCC1CO1.